The average Bonchev–Trinajstić information content (AvgIpc) is 2.60. The van der Waals surface area contributed by atoms with Crippen LogP contribution in [0.25, 0.3) is 11.0 Å². The van der Waals surface area contributed by atoms with Crippen LogP contribution in [-0.2, 0) is 16.5 Å². The highest BCUT2D eigenvalue weighted by molar-refractivity contribution is 6.05. The smallest absolute Gasteiger partial charge is 0.329 e. The zero-order valence-electron chi connectivity index (χ0n) is 15.0. The third kappa shape index (κ3) is 3.40. The van der Waals surface area contributed by atoms with Crippen molar-refractivity contribution >= 4 is 16.9 Å². The summed E-state index contributed by atoms with van der Waals surface area (Å²) in [5.41, 5.74) is -0.304. The quantitative estimate of drug-likeness (QED) is 0.782. The van der Waals surface area contributed by atoms with Crippen LogP contribution in [0.15, 0.2) is 15.7 Å². The molecule has 0 aliphatic carbocycles. The molecule has 1 amide bonds. The molecule has 3 heterocycles. The molecule has 0 aromatic carbocycles. The lowest BCUT2D eigenvalue weighted by Gasteiger charge is -2.31. The fraction of sp³-hybridized carbons (Fsp3) is 0.529. The Labute approximate surface area is 149 Å². The summed E-state index contributed by atoms with van der Waals surface area (Å²) in [6.45, 7) is 5.04. The standard InChI is InChI=1S/C17H22N4O5/c1-4-26-12-8-25-6-5-11(12)19-15(22)10-7-9(2)18-14-13(10)16(23)20-17(24)21(14)3/h7,11-12H,4-6,8H2,1-3H3,(H,19,22)(H,20,23,24)/t11-,12-/m1/s1. The van der Waals surface area contributed by atoms with E-state index in [1.54, 1.807) is 13.0 Å². The van der Waals surface area contributed by atoms with Gasteiger partial charge < -0.3 is 14.8 Å². The summed E-state index contributed by atoms with van der Waals surface area (Å²) in [5.74, 6) is -0.402. The molecule has 1 aliphatic heterocycles. The molecular formula is C17H22N4O5. The third-order valence-corrected chi connectivity index (χ3v) is 4.44. The van der Waals surface area contributed by atoms with E-state index in [2.05, 4.69) is 15.3 Å². The number of nitrogens with one attached hydrogen (secondary N) is 2. The zero-order chi connectivity index (χ0) is 18.8. The Bertz CT molecular complexity index is 947. The maximum atomic E-state index is 12.9. The number of pyridine rings is 1. The van der Waals surface area contributed by atoms with Gasteiger partial charge in [-0.25, -0.2) is 9.78 Å². The van der Waals surface area contributed by atoms with E-state index < -0.39 is 17.2 Å². The van der Waals surface area contributed by atoms with Gasteiger partial charge in [-0.2, -0.15) is 0 Å². The molecule has 2 aromatic rings. The molecule has 1 aliphatic rings. The lowest BCUT2D eigenvalue weighted by molar-refractivity contribution is -0.0632. The summed E-state index contributed by atoms with van der Waals surface area (Å²) in [4.78, 5) is 43.5. The van der Waals surface area contributed by atoms with Crippen molar-refractivity contribution in [2.24, 2.45) is 7.05 Å². The molecule has 3 rings (SSSR count). The topological polar surface area (TPSA) is 115 Å². The molecule has 26 heavy (non-hydrogen) atoms. The maximum absolute atomic E-state index is 12.9. The van der Waals surface area contributed by atoms with Crippen LogP contribution >= 0.6 is 0 Å². The number of fused-ring (bicyclic) bond motifs is 1. The molecule has 0 spiro atoms. The second kappa shape index (κ2) is 7.38. The Morgan fingerprint density at radius 3 is 3.00 bits per heavy atom. The summed E-state index contributed by atoms with van der Waals surface area (Å²) >= 11 is 0. The van der Waals surface area contributed by atoms with Crippen LogP contribution in [0, 0.1) is 6.92 Å². The Morgan fingerprint density at radius 1 is 1.50 bits per heavy atom. The predicted molar refractivity (Wildman–Crippen MR) is 94.4 cm³/mol. The molecule has 0 bridgehead atoms. The minimum atomic E-state index is -0.630. The number of hydrogen-bond donors (Lipinski definition) is 2. The Morgan fingerprint density at radius 2 is 2.27 bits per heavy atom. The Kier molecular flexibility index (Phi) is 5.19. The van der Waals surface area contributed by atoms with E-state index in [-0.39, 0.29) is 28.7 Å². The molecule has 2 atom stereocenters. The summed E-state index contributed by atoms with van der Waals surface area (Å²) in [7, 11) is 1.50. The molecule has 1 saturated heterocycles. The number of H-pyrrole nitrogens is 1. The number of carbonyl (C=O) groups is 1. The van der Waals surface area contributed by atoms with E-state index in [4.69, 9.17) is 9.47 Å². The van der Waals surface area contributed by atoms with Crippen LogP contribution in [0.3, 0.4) is 0 Å². The highest BCUT2D eigenvalue weighted by atomic mass is 16.5. The Balaban J connectivity index is 2.02. The van der Waals surface area contributed by atoms with Crippen molar-refractivity contribution in [3.05, 3.63) is 38.2 Å². The van der Waals surface area contributed by atoms with Gasteiger partial charge in [0.05, 0.1) is 23.6 Å². The third-order valence-electron chi connectivity index (χ3n) is 4.44. The minimum Gasteiger partial charge on any atom is -0.379 e. The van der Waals surface area contributed by atoms with Crippen molar-refractivity contribution in [3.8, 4) is 0 Å². The van der Waals surface area contributed by atoms with Crippen LogP contribution in [0.4, 0.5) is 0 Å². The normalized spacial score (nSPS) is 20.3. The largest absolute Gasteiger partial charge is 0.379 e. The maximum Gasteiger partial charge on any atom is 0.329 e. The van der Waals surface area contributed by atoms with Crippen molar-refractivity contribution < 1.29 is 14.3 Å². The summed E-state index contributed by atoms with van der Waals surface area (Å²) in [5, 5.41) is 3.03. The first-order chi connectivity index (χ1) is 12.4. The Hall–Kier alpha value is -2.52. The fourth-order valence-corrected chi connectivity index (χ4v) is 3.14. The van der Waals surface area contributed by atoms with E-state index in [9.17, 15) is 14.4 Å². The number of carbonyl (C=O) groups excluding carboxylic acids is 1. The SMILES string of the molecule is CCO[C@@H]1COCC[C@H]1NC(=O)c1cc(C)nc2c1c(=O)[nH]c(=O)n2C. The van der Waals surface area contributed by atoms with Gasteiger partial charge in [-0.1, -0.05) is 0 Å². The molecular weight excluding hydrogens is 340 g/mol. The van der Waals surface area contributed by atoms with Gasteiger partial charge in [0.2, 0.25) is 0 Å². The first-order valence-electron chi connectivity index (χ1n) is 8.53. The van der Waals surface area contributed by atoms with E-state index in [0.29, 0.717) is 31.9 Å². The molecule has 0 saturated carbocycles. The van der Waals surface area contributed by atoms with E-state index >= 15 is 0 Å². The van der Waals surface area contributed by atoms with Crippen molar-refractivity contribution in [3.63, 3.8) is 0 Å². The first kappa shape index (κ1) is 18.3. The molecule has 1 fully saturated rings. The van der Waals surface area contributed by atoms with E-state index in [1.807, 2.05) is 6.92 Å². The summed E-state index contributed by atoms with van der Waals surface area (Å²) < 4.78 is 12.3. The summed E-state index contributed by atoms with van der Waals surface area (Å²) in [6.07, 6.45) is 0.377. The lowest BCUT2D eigenvalue weighted by Crippen LogP contribution is -2.50. The number of rotatable bonds is 4. The monoisotopic (exact) mass is 362 g/mol. The lowest BCUT2D eigenvalue weighted by atomic mass is 10.0. The van der Waals surface area contributed by atoms with Gasteiger partial charge in [-0.15, -0.1) is 0 Å². The highest BCUT2D eigenvalue weighted by Crippen LogP contribution is 2.16. The van der Waals surface area contributed by atoms with Crippen molar-refractivity contribution in [1.29, 1.82) is 0 Å². The average molecular weight is 362 g/mol. The van der Waals surface area contributed by atoms with Crippen LogP contribution in [0.1, 0.15) is 29.4 Å². The highest BCUT2D eigenvalue weighted by Gasteiger charge is 2.29. The number of aromatic amines is 1. The molecule has 2 aromatic heterocycles. The van der Waals surface area contributed by atoms with Gasteiger partial charge in [0.1, 0.15) is 11.8 Å². The van der Waals surface area contributed by atoms with Gasteiger partial charge in [-0.05, 0) is 26.3 Å². The predicted octanol–water partition coefficient (Wildman–Crippen LogP) is -0.146. The number of ether oxygens (including phenoxy) is 2. The van der Waals surface area contributed by atoms with Gasteiger partial charge in [0, 0.05) is 26.0 Å². The second-order valence-corrected chi connectivity index (χ2v) is 6.27. The first-order valence-corrected chi connectivity index (χ1v) is 8.53. The molecule has 0 unspecified atom stereocenters. The molecule has 9 heteroatoms. The van der Waals surface area contributed by atoms with Gasteiger partial charge >= 0.3 is 5.69 Å². The number of hydrogen-bond acceptors (Lipinski definition) is 6. The number of aromatic nitrogens is 3. The molecule has 140 valence electrons. The van der Waals surface area contributed by atoms with Crippen molar-refractivity contribution in [1.82, 2.24) is 19.9 Å². The molecule has 2 N–H and O–H groups in total. The minimum absolute atomic E-state index is 0.0928. The summed E-state index contributed by atoms with van der Waals surface area (Å²) in [6, 6.07) is 1.33. The van der Waals surface area contributed by atoms with Crippen LogP contribution in [0.5, 0.6) is 0 Å². The van der Waals surface area contributed by atoms with Crippen molar-refractivity contribution in [2.45, 2.75) is 32.4 Å². The van der Waals surface area contributed by atoms with Gasteiger partial charge in [0.15, 0.2) is 0 Å². The number of amides is 1. The van der Waals surface area contributed by atoms with E-state index in [0.717, 1.165) is 0 Å². The van der Waals surface area contributed by atoms with E-state index in [1.165, 1.54) is 11.6 Å². The number of aryl methyl sites for hydroxylation is 2. The van der Waals surface area contributed by atoms with Gasteiger partial charge in [0.25, 0.3) is 11.5 Å². The molecule has 0 radical (unpaired) electrons. The van der Waals surface area contributed by atoms with Crippen LogP contribution in [-0.4, -0.2) is 52.4 Å². The van der Waals surface area contributed by atoms with Crippen LogP contribution < -0.4 is 16.6 Å². The second-order valence-electron chi connectivity index (χ2n) is 6.27. The fourth-order valence-electron chi connectivity index (χ4n) is 3.14. The zero-order valence-corrected chi connectivity index (χ0v) is 15.0. The van der Waals surface area contributed by atoms with Crippen LogP contribution in [0.2, 0.25) is 0 Å². The van der Waals surface area contributed by atoms with Crippen molar-refractivity contribution in [2.75, 3.05) is 19.8 Å². The number of nitrogens with zero attached hydrogens (tertiary/aromatic N) is 2. The van der Waals surface area contributed by atoms with Gasteiger partial charge in [-0.3, -0.25) is 19.1 Å². The molecule has 9 nitrogen and oxygen atoms in total.